The van der Waals surface area contributed by atoms with Crippen molar-refractivity contribution in [3.05, 3.63) is 0 Å². The van der Waals surface area contributed by atoms with Gasteiger partial charge in [0, 0.05) is 44.2 Å². The summed E-state index contributed by atoms with van der Waals surface area (Å²) in [7, 11) is 0. The van der Waals surface area contributed by atoms with Gasteiger partial charge in [-0.25, -0.2) is 0 Å². The fourth-order valence-electron chi connectivity index (χ4n) is 4.01. The normalized spacial score (nSPS) is 40.7. The van der Waals surface area contributed by atoms with Crippen molar-refractivity contribution in [2.45, 2.75) is 45.6 Å². The van der Waals surface area contributed by atoms with Gasteiger partial charge in [0.25, 0.3) is 0 Å². The molecule has 3 fully saturated rings. The van der Waals surface area contributed by atoms with Crippen molar-refractivity contribution in [1.29, 1.82) is 0 Å². The number of likely N-dealkylation sites (tertiary alicyclic amines) is 1. The number of nitrogens with zero attached hydrogens (tertiary/aromatic N) is 1. The third kappa shape index (κ3) is 3.71. The highest BCUT2D eigenvalue weighted by atomic mass is 16.5. The number of ether oxygens (including phenoxy) is 1. The molecule has 0 aromatic carbocycles. The molecular formula is C16H30N2O. The summed E-state index contributed by atoms with van der Waals surface area (Å²) in [4.78, 5) is 2.71. The van der Waals surface area contributed by atoms with E-state index >= 15 is 0 Å². The van der Waals surface area contributed by atoms with Crippen molar-refractivity contribution in [3.8, 4) is 0 Å². The predicted molar refractivity (Wildman–Crippen MR) is 78.3 cm³/mol. The maximum absolute atomic E-state index is 5.74. The second-order valence-corrected chi connectivity index (χ2v) is 7.60. The lowest BCUT2D eigenvalue weighted by Gasteiger charge is -2.40. The molecule has 0 bridgehead atoms. The summed E-state index contributed by atoms with van der Waals surface area (Å²) in [5.74, 6) is 1.72. The van der Waals surface area contributed by atoms with Crippen LogP contribution in [0.25, 0.3) is 0 Å². The highest BCUT2D eigenvalue weighted by Crippen LogP contribution is 2.33. The number of hydrogen-bond donors (Lipinski definition) is 1. The summed E-state index contributed by atoms with van der Waals surface area (Å²) in [5, 5.41) is 3.74. The molecule has 3 nitrogen and oxygen atoms in total. The van der Waals surface area contributed by atoms with Crippen molar-refractivity contribution in [1.82, 2.24) is 10.2 Å². The summed E-state index contributed by atoms with van der Waals surface area (Å²) in [6.45, 7) is 11.7. The Balaban J connectivity index is 1.56. The molecule has 3 atom stereocenters. The second kappa shape index (κ2) is 5.71. The standard InChI is InChI=1S/C16H30N2O/c1-13-7-14(2)9-18(8-13)11-16(5-6-19-12-16)10-17-15-3-4-15/h13-15,17H,3-12H2,1-2H3. The number of hydrogen-bond acceptors (Lipinski definition) is 3. The largest absolute Gasteiger partial charge is 0.381 e. The van der Waals surface area contributed by atoms with Gasteiger partial charge >= 0.3 is 0 Å². The van der Waals surface area contributed by atoms with Crippen LogP contribution in [0.4, 0.5) is 0 Å². The molecule has 0 spiro atoms. The third-order valence-corrected chi connectivity index (χ3v) is 5.03. The number of piperidine rings is 1. The molecule has 0 aromatic rings. The van der Waals surface area contributed by atoms with Crippen molar-refractivity contribution in [3.63, 3.8) is 0 Å². The van der Waals surface area contributed by atoms with Gasteiger partial charge in [-0.1, -0.05) is 13.8 Å². The molecule has 3 rings (SSSR count). The number of rotatable bonds is 5. The van der Waals surface area contributed by atoms with Gasteiger partial charge in [0.15, 0.2) is 0 Å². The Bertz CT molecular complexity index is 287. The molecule has 3 aliphatic rings. The zero-order valence-corrected chi connectivity index (χ0v) is 12.7. The van der Waals surface area contributed by atoms with Crippen molar-refractivity contribution < 1.29 is 4.74 Å². The molecule has 0 amide bonds. The fraction of sp³-hybridized carbons (Fsp3) is 1.00. The lowest BCUT2D eigenvalue weighted by Crippen LogP contribution is -2.49. The molecular weight excluding hydrogens is 236 g/mol. The minimum Gasteiger partial charge on any atom is -0.381 e. The van der Waals surface area contributed by atoms with E-state index in [1.165, 1.54) is 45.3 Å². The molecule has 3 heteroatoms. The highest BCUT2D eigenvalue weighted by molar-refractivity contribution is 4.93. The van der Waals surface area contributed by atoms with Gasteiger partial charge in [-0.2, -0.15) is 0 Å². The molecule has 0 aromatic heterocycles. The molecule has 1 N–H and O–H groups in total. The second-order valence-electron chi connectivity index (χ2n) is 7.60. The first-order valence-corrected chi connectivity index (χ1v) is 8.19. The lowest BCUT2D eigenvalue weighted by atomic mass is 9.84. The van der Waals surface area contributed by atoms with Crippen LogP contribution in [0.15, 0.2) is 0 Å². The summed E-state index contributed by atoms with van der Waals surface area (Å²) in [5.41, 5.74) is 0.388. The Morgan fingerprint density at radius 2 is 1.95 bits per heavy atom. The SMILES string of the molecule is CC1CC(C)CN(CC2(CNC3CC3)CCOC2)C1. The van der Waals surface area contributed by atoms with E-state index in [1.54, 1.807) is 0 Å². The molecule has 2 aliphatic heterocycles. The molecule has 1 saturated carbocycles. The maximum Gasteiger partial charge on any atom is 0.0547 e. The fourth-order valence-corrected chi connectivity index (χ4v) is 4.01. The van der Waals surface area contributed by atoms with Gasteiger partial charge in [0.2, 0.25) is 0 Å². The minimum atomic E-state index is 0.388. The Kier molecular flexibility index (Phi) is 4.16. The van der Waals surface area contributed by atoms with Gasteiger partial charge in [-0.05, 0) is 37.5 Å². The maximum atomic E-state index is 5.74. The lowest BCUT2D eigenvalue weighted by molar-refractivity contribution is 0.0682. The summed E-state index contributed by atoms with van der Waals surface area (Å²) >= 11 is 0. The van der Waals surface area contributed by atoms with Crippen LogP contribution in [0, 0.1) is 17.3 Å². The zero-order chi connectivity index (χ0) is 13.3. The van der Waals surface area contributed by atoms with E-state index in [-0.39, 0.29) is 0 Å². The van der Waals surface area contributed by atoms with Crippen LogP contribution < -0.4 is 5.32 Å². The van der Waals surface area contributed by atoms with Crippen LogP contribution in [0.5, 0.6) is 0 Å². The van der Waals surface area contributed by atoms with Crippen LogP contribution in [-0.2, 0) is 4.74 Å². The van der Waals surface area contributed by atoms with Gasteiger partial charge in [0.05, 0.1) is 6.61 Å². The van der Waals surface area contributed by atoms with E-state index in [4.69, 9.17) is 4.74 Å². The van der Waals surface area contributed by atoms with Gasteiger partial charge < -0.3 is 15.0 Å². The predicted octanol–water partition coefficient (Wildman–Crippen LogP) is 2.12. The highest BCUT2D eigenvalue weighted by Gasteiger charge is 2.39. The average molecular weight is 266 g/mol. The van der Waals surface area contributed by atoms with E-state index in [0.717, 1.165) is 37.6 Å². The monoisotopic (exact) mass is 266 g/mol. The van der Waals surface area contributed by atoms with Crippen LogP contribution in [0.1, 0.15) is 39.5 Å². The number of nitrogens with one attached hydrogen (secondary N) is 1. The van der Waals surface area contributed by atoms with E-state index in [1.807, 2.05) is 0 Å². The van der Waals surface area contributed by atoms with Gasteiger partial charge in [0.1, 0.15) is 0 Å². The van der Waals surface area contributed by atoms with Crippen LogP contribution >= 0.6 is 0 Å². The molecule has 2 heterocycles. The summed E-state index contributed by atoms with van der Waals surface area (Å²) in [6.07, 6.45) is 5.41. The van der Waals surface area contributed by atoms with Crippen molar-refractivity contribution in [2.75, 3.05) is 39.4 Å². The molecule has 110 valence electrons. The van der Waals surface area contributed by atoms with E-state index in [2.05, 4.69) is 24.1 Å². The van der Waals surface area contributed by atoms with Gasteiger partial charge in [-0.3, -0.25) is 0 Å². The van der Waals surface area contributed by atoms with Crippen LogP contribution in [0.3, 0.4) is 0 Å². The molecule has 2 saturated heterocycles. The van der Waals surface area contributed by atoms with Crippen molar-refractivity contribution in [2.24, 2.45) is 17.3 Å². The molecule has 0 radical (unpaired) electrons. The van der Waals surface area contributed by atoms with E-state index in [9.17, 15) is 0 Å². The van der Waals surface area contributed by atoms with Crippen molar-refractivity contribution >= 4 is 0 Å². The summed E-state index contributed by atoms with van der Waals surface area (Å²) < 4.78 is 5.74. The third-order valence-electron chi connectivity index (χ3n) is 5.03. The van der Waals surface area contributed by atoms with E-state index in [0.29, 0.717) is 5.41 Å². The van der Waals surface area contributed by atoms with Crippen LogP contribution in [0.2, 0.25) is 0 Å². The Morgan fingerprint density at radius 3 is 2.53 bits per heavy atom. The molecule has 1 aliphatic carbocycles. The van der Waals surface area contributed by atoms with Gasteiger partial charge in [-0.15, -0.1) is 0 Å². The Hall–Kier alpha value is -0.120. The van der Waals surface area contributed by atoms with Crippen LogP contribution in [-0.4, -0.2) is 50.3 Å². The molecule has 3 unspecified atom stereocenters. The quantitative estimate of drug-likeness (QED) is 0.825. The Morgan fingerprint density at radius 1 is 1.21 bits per heavy atom. The Labute approximate surface area is 118 Å². The van der Waals surface area contributed by atoms with E-state index < -0.39 is 0 Å². The first-order chi connectivity index (χ1) is 9.15. The average Bonchev–Trinajstić information content (AvgIpc) is 3.06. The smallest absolute Gasteiger partial charge is 0.0547 e. The zero-order valence-electron chi connectivity index (χ0n) is 12.7. The topological polar surface area (TPSA) is 24.5 Å². The first kappa shape index (κ1) is 13.8. The first-order valence-electron chi connectivity index (χ1n) is 8.19. The minimum absolute atomic E-state index is 0.388. The summed E-state index contributed by atoms with van der Waals surface area (Å²) in [6, 6.07) is 0.816. The molecule has 19 heavy (non-hydrogen) atoms.